The van der Waals surface area contributed by atoms with E-state index >= 15 is 0 Å². The van der Waals surface area contributed by atoms with E-state index in [1.807, 2.05) is 24.3 Å². The molecule has 0 radical (unpaired) electrons. The third kappa shape index (κ3) is 0.945. The number of hydrogen-bond donors (Lipinski definition) is 2. The molecule has 4 aliphatic carbocycles. The summed E-state index contributed by atoms with van der Waals surface area (Å²) in [5, 5.41) is 18.8. The predicted octanol–water partition coefficient (Wildman–Crippen LogP) is 1.25. The van der Waals surface area contributed by atoms with Gasteiger partial charge in [-0.2, -0.15) is 0 Å². The summed E-state index contributed by atoms with van der Waals surface area (Å²) in [6.45, 7) is 0. The van der Waals surface area contributed by atoms with Crippen LogP contribution in [0.4, 0.5) is 0 Å². The Morgan fingerprint density at radius 1 is 0.667 bits per heavy atom. The molecule has 94 valence electrons. The summed E-state index contributed by atoms with van der Waals surface area (Å²) in [7, 11) is 0. The monoisotopic (exact) mass is 246 g/mol. The van der Waals surface area contributed by atoms with Gasteiger partial charge in [-0.15, -0.1) is 0 Å². The summed E-state index contributed by atoms with van der Waals surface area (Å²) in [4.78, 5) is 22.9. The number of aliphatic carboxylic acids is 2. The first-order valence-electron chi connectivity index (χ1n) is 6.43. The Balaban J connectivity index is 1.82. The van der Waals surface area contributed by atoms with Crippen molar-refractivity contribution in [3.63, 3.8) is 0 Å². The molecular weight excluding hydrogens is 232 g/mol. The summed E-state index contributed by atoms with van der Waals surface area (Å²) in [6, 6.07) is 0. The lowest BCUT2D eigenvalue weighted by Crippen LogP contribution is -2.28. The molecule has 2 saturated carbocycles. The van der Waals surface area contributed by atoms with Gasteiger partial charge < -0.3 is 10.2 Å². The summed E-state index contributed by atoms with van der Waals surface area (Å²) >= 11 is 0. The molecule has 4 nitrogen and oxygen atoms in total. The lowest BCUT2D eigenvalue weighted by molar-refractivity contribution is -0.144. The average molecular weight is 246 g/mol. The molecule has 0 aliphatic heterocycles. The summed E-state index contributed by atoms with van der Waals surface area (Å²) in [6.07, 6.45) is 7.86. The second-order valence-electron chi connectivity index (χ2n) is 5.96. The Bertz CT molecular complexity index is 432. The van der Waals surface area contributed by atoms with Gasteiger partial charge in [-0.05, 0) is 35.5 Å². The summed E-state index contributed by atoms with van der Waals surface area (Å²) in [5.74, 6) is -1.54. The number of carboxylic acid groups (broad SMARTS) is 2. The van der Waals surface area contributed by atoms with Gasteiger partial charge >= 0.3 is 11.9 Å². The second-order valence-corrected chi connectivity index (χ2v) is 5.96. The number of allylic oxidation sites excluding steroid dienone is 4. The van der Waals surface area contributed by atoms with E-state index in [9.17, 15) is 19.8 Å². The minimum atomic E-state index is -0.734. The van der Waals surface area contributed by atoms with Crippen LogP contribution >= 0.6 is 0 Å². The minimum absolute atomic E-state index is 0.0410. The summed E-state index contributed by atoms with van der Waals surface area (Å²) in [5.41, 5.74) is 0. The molecule has 0 aromatic heterocycles. The lowest BCUT2D eigenvalue weighted by atomic mass is 9.83. The number of hydrogen-bond acceptors (Lipinski definition) is 2. The molecule has 0 heterocycles. The van der Waals surface area contributed by atoms with E-state index in [0.717, 1.165) is 0 Å². The molecule has 0 spiro atoms. The van der Waals surface area contributed by atoms with Gasteiger partial charge in [0.1, 0.15) is 0 Å². The fourth-order valence-electron chi connectivity index (χ4n) is 5.17. The molecule has 6 atom stereocenters. The number of carbonyl (C=O) groups is 2. The normalized spacial score (nSPS) is 54.0. The average Bonchev–Trinajstić information content (AvgIpc) is 2.95. The van der Waals surface area contributed by atoms with E-state index in [0.29, 0.717) is 0 Å². The van der Waals surface area contributed by atoms with Crippen molar-refractivity contribution in [2.75, 3.05) is 0 Å². The van der Waals surface area contributed by atoms with E-state index in [1.165, 1.54) is 0 Å². The van der Waals surface area contributed by atoms with Crippen LogP contribution in [0.3, 0.4) is 0 Å². The molecule has 2 N–H and O–H groups in total. The van der Waals surface area contributed by atoms with Crippen LogP contribution in [0.1, 0.15) is 0 Å². The standard InChI is InChI=1S/C14H14O4/c15-13(16)11-5-1-2-6-9(5)10-7(11)3-4-8(10)12(6)14(17)18/h1-12H,(H,15,16)(H,17,18)/t5-,6+,7-,8+,9?,10?,11?,12?. The van der Waals surface area contributed by atoms with Crippen molar-refractivity contribution in [3.05, 3.63) is 24.3 Å². The van der Waals surface area contributed by atoms with Gasteiger partial charge in [-0.1, -0.05) is 24.3 Å². The van der Waals surface area contributed by atoms with E-state index in [1.54, 1.807) is 0 Å². The highest BCUT2D eigenvalue weighted by Gasteiger charge is 2.67. The number of carboxylic acids is 2. The van der Waals surface area contributed by atoms with Crippen molar-refractivity contribution >= 4 is 11.9 Å². The molecule has 4 aliphatic rings. The van der Waals surface area contributed by atoms with Crippen LogP contribution in [-0.2, 0) is 9.59 Å². The van der Waals surface area contributed by atoms with E-state index in [-0.39, 0.29) is 47.3 Å². The number of rotatable bonds is 2. The van der Waals surface area contributed by atoms with Crippen LogP contribution in [-0.4, -0.2) is 22.2 Å². The zero-order chi connectivity index (χ0) is 12.6. The van der Waals surface area contributed by atoms with Crippen LogP contribution < -0.4 is 0 Å². The maximum Gasteiger partial charge on any atom is 0.307 e. The second kappa shape index (κ2) is 3.05. The fraction of sp³-hybridized carbons (Fsp3) is 0.571. The highest BCUT2D eigenvalue weighted by Crippen LogP contribution is 2.67. The van der Waals surface area contributed by atoms with Crippen molar-refractivity contribution in [2.45, 2.75) is 0 Å². The lowest BCUT2D eigenvalue weighted by Gasteiger charge is -2.19. The van der Waals surface area contributed by atoms with Gasteiger partial charge in [-0.3, -0.25) is 9.59 Å². The van der Waals surface area contributed by atoms with Gasteiger partial charge in [0.25, 0.3) is 0 Å². The molecule has 0 aromatic rings. The van der Waals surface area contributed by atoms with Gasteiger partial charge in [0.15, 0.2) is 0 Å². The van der Waals surface area contributed by atoms with Crippen LogP contribution in [0.5, 0.6) is 0 Å². The van der Waals surface area contributed by atoms with Crippen molar-refractivity contribution in [2.24, 2.45) is 47.3 Å². The molecule has 0 amide bonds. The first-order chi connectivity index (χ1) is 8.61. The molecule has 4 heteroatoms. The Labute approximate surface area is 104 Å². The van der Waals surface area contributed by atoms with Crippen molar-refractivity contribution < 1.29 is 19.8 Å². The van der Waals surface area contributed by atoms with Gasteiger partial charge in [0, 0.05) is 0 Å². The van der Waals surface area contributed by atoms with E-state index in [4.69, 9.17) is 0 Å². The topological polar surface area (TPSA) is 74.6 Å². The SMILES string of the molecule is O=C(O)C1[C@H]2C=C[C@H]3C(C(=O)O)[C@@H]4C=C[C@H]1C4C23. The molecule has 18 heavy (non-hydrogen) atoms. The third-order valence-corrected chi connectivity index (χ3v) is 5.56. The van der Waals surface area contributed by atoms with E-state index in [2.05, 4.69) is 0 Å². The predicted molar refractivity (Wildman–Crippen MR) is 61.5 cm³/mol. The van der Waals surface area contributed by atoms with Crippen molar-refractivity contribution in [3.8, 4) is 0 Å². The summed E-state index contributed by atoms with van der Waals surface area (Å²) < 4.78 is 0. The van der Waals surface area contributed by atoms with Crippen LogP contribution in [0.2, 0.25) is 0 Å². The Morgan fingerprint density at radius 2 is 0.944 bits per heavy atom. The van der Waals surface area contributed by atoms with Gasteiger partial charge in [-0.25, -0.2) is 0 Å². The molecule has 2 fully saturated rings. The van der Waals surface area contributed by atoms with Gasteiger partial charge in [0.2, 0.25) is 0 Å². The zero-order valence-corrected chi connectivity index (χ0v) is 9.64. The smallest absolute Gasteiger partial charge is 0.307 e. The molecule has 4 rings (SSSR count). The van der Waals surface area contributed by atoms with Crippen molar-refractivity contribution in [1.29, 1.82) is 0 Å². The first kappa shape index (κ1) is 10.4. The molecule has 0 aromatic carbocycles. The van der Waals surface area contributed by atoms with E-state index < -0.39 is 11.9 Å². The Hall–Kier alpha value is -1.58. The molecule has 0 saturated heterocycles. The van der Waals surface area contributed by atoms with Crippen LogP contribution in [0.25, 0.3) is 0 Å². The maximum absolute atomic E-state index is 11.4. The van der Waals surface area contributed by atoms with Crippen LogP contribution in [0, 0.1) is 47.3 Å². The molecule has 2 unspecified atom stereocenters. The highest BCUT2D eigenvalue weighted by atomic mass is 16.4. The minimum Gasteiger partial charge on any atom is -0.481 e. The zero-order valence-electron chi connectivity index (χ0n) is 9.64. The first-order valence-corrected chi connectivity index (χ1v) is 6.43. The van der Waals surface area contributed by atoms with Gasteiger partial charge in [0.05, 0.1) is 11.8 Å². The fourth-order valence-corrected chi connectivity index (χ4v) is 5.17. The quantitative estimate of drug-likeness (QED) is 0.719. The Kier molecular flexibility index (Phi) is 1.75. The van der Waals surface area contributed by atoms with Crippen LogP contribution in [0.15, 0.2) is 24.3 Å². The Morgan fingerprint density at radius 3 is 1.17 bits per heavy atom. The maximum atomic E-state index is 11.4. The molecule has 0 bridgehead atoms. The third-order valence-electron chi connectivity index (χ3n) is 5.56. The largest absolute Gasteiger partial charge is 0.481 e. The highest BCUT2D eigenvalue weighted by molar-refractivity contribution is 5.76. The molecular formula is C14H14O4. The van der Waals surface area contributed by atoms with Crippen molar-refractivity contribution in [1.82, 2.24) is 0 Å².